The Bertz CT molecular complexity index is 1100. The predicted octanol–water partition coefficient (Wildman–Crippen LogP) is 3.75. The van der Waals surface area contributed by atoms with Crippen molar-refractivity contribution in [2.45, 2.75) is 26.0 Å². The van der Waals surface area contributed by atoms with Crippen LogP contribution in [0.15, 0.2) is 73.1 Å². The van der Waals surface area contributed by atoms with Gasteiger partial charge in [-0.3, -0.25) is 19.4 Å². The number of hydroxylamine groups is 1. The molecule has 6 heteroatoms. The van der Waals surface area contributed by atoms with Crippen LogP contribution in [-0.4, -0.2) is 22.9 Å². The summed E-state index contributed by atoms with van der Waals surface area (Å²) in [6.07, 6.45) is 2.52. The van der Waals surface area contributed by atoms with Gasteiger partial charge in [-0.2, -0.15) is 0 Å². The van der Waals surface area contributed by atoms with Gasteiger partial charge in [0, 0.05) is 12.4 Å². The van der Waals surface area contributed by atoms with Gasteiger partial charge in [0.2, 0.25) is 5.91 Å². The number of hydrogen-bond donors (Lipinski definition) is 0. The third-order valence-corrected chi connectivity index (χ3v) is 5.84. The molecule has 2 aliphatic heterocycles. The van der Waals surface area contributed by atoms with Crippen molar-refractivity contribution in [2.75, 3.05) is 9.96 Å². The van der Waals surface area contributed by atoms with Gasteiger partial charge in [-0.15, -0.1) is 0 Å². The molecule has 6 nitrogen and oxygen atoms in total. The molecule has 2 amide bonds. The molecular formula is C24H21N3O3. The van der Waals surface area contributed by atoms with Crippen LogP contribution in [-0.2, 0) is 14.4 Å². The predicted molar refractivity (Wildman–Crippen MR) is 113 cm³/mol. The number of aryl methyl sites for hydroxylation is 2. The van der Waals surface area contributed by atoms with Crippen LogP contribution in [0.3, 0.4) is 0 Å². The number of pyridine rings is 1. The van der Waals surface area contributed by atoms with E-state index in [1.54, 1.807) is 17.5 Å². The highest BCUT2D eigenvalue weighted by molar-refractivity contribution is 6.24. The minimum Gasteiger partial charge on any atom is -0.273 e. The summed E-state index contributed by atoms with van der Waals surface area (Å²) in [6.45, 7) is 3.82. The topological polar surface area (TPSA) is 62.7 Å². The lowest BCUT2D eigenvalue weighted by Gasteiger charge is -2.29. The van der Waals surface area contributed by atoms with Crippen LogP contribution in [0.25, 0.3) is 0 Å². The van der Waals surface area contributed by atoms with Crippen LogP contribution in [0.4, 0.5) is 11.4 Å². The van der Waals surface area contributed by atoms with Gasteiger partial charge in [0.25, 0.3) is 5.91 Å². The summed E-state index contributed by atoms with van der Waals surface area (Å²) in [5.74, 6) is -1.19. The Balaban J connectivity index is 1.61. The first-order chi connectivity index (χ1) is 14.6. The maximum Gasteiger partial charge on any atom is 0.266 e. The molecule has 0 N–H and O–H groups in total. The molecule has 0 aliphatic carbocycles. The SMILES string of the molecule is Cc1cccc(C)c1N1C(=O)[C@H]2[C@H](ON(c3ccccc3)[C@@H]2c2ccncc2)C1=O. The molecule has 0 saturated carbocycles. The molecule has 30 heavy (non-hydrogen) atoms. The molecule has 1 aromatic heterocycles. The van der Waals surface area contributed by atoms with Gasteiger partial charge >= 0.3 is 0 Å². The normalized spacial score (nSPS) is 23.2. The van der Waals surface area contributed by atoms with E-state index in [1.165, 1.54) is 4.90 Å². The summed E-state index contributed by atoms with van der Waals surface area (Å²) in [5, 5.41) is 1.70. The quantitative estimate of drug-likeness (QED) is 0.628. The second-order valence-electron chi connectivity index (χ2n) is 7.69. The maximum absolute atomic E-state index is 13.6. The van der Waals surface area contributed by atoms with E-state index in [4.69, 9.17) is 4.84 Å². The number of carbonyl (C=O) groups is 2. The zero-order chi connectivity index (χ0) is 20.8. The number of carbonyl (C=O) groups excluding carboxylic acids is 2. The highest BCUT2D eigenvalue weighted by atomic mass is 16.7. The number of imide groups is 1. The third-order valence-electron chi connectivity index (χ3n) is 5.84. The average Bonchev–Trinajstić information content (AvgIpc) is 3.27. The molecule has 2 aromatic carbocycles. The maximum atomic E-state index is 13.6. The molecule has 150 valence electrons. The second-order valence-corrected chi connectivity index (χ2v) is 7.69. The smallest absolute Gasteiger partial charge is 0.266 e. The van der Waals surface area contributed by atoms with E-state index in [-0.39, 0.29) is 11.8 Å². The summed E-state index contributed by atoms with van der Waals surface area (Å²) >= 11 is 0. The molecule has 5 rings (SSSR count). The number of aromatic nitrogens is 1. The summed E-state index contributed by atoms with van der Waals surface area (Å²) in [6, 6.07) is 18.6. The number of amides is 2. The Morgan fingerprint density at radius 2 is 1.50 bits per heavy atom. The zero-order valence-electron chi connectivity index (χ0n) is 16.7. The molecule has 3 aromatic rings. The molecular weight excluding hydrogens is 378 g/mol. The Morgan fingerprint density at radius 1 is 0.833 bits per heavy atom. The lowest BCUT2D eigenvalue weighted by Crippen LogP contribution is -2.38. The Morgan fingerprint density at radius 3 is 2.17 bits per heavy atom. The highest BCUT2D eigenvalue weighted by Gasteiger charge is 2.60. The molecule has 3 heterocycles. The molecule has 2 saturated heterocycles. The van der Waals surface area contributed by atoms with Crippen molar-refractivity contribution < 1.29 is 14.4 Å². The number of fused-ring (bicyclic) bond motifs is 1. The molecule has 0 bridgehead atoms. The zero-order valence-corrected chi connectivity index (χ0v) is 16.7. The second kappa shape index (κ2) is 7.07. The highest BCUT2D eigenvalue weighted by Crippen LogP contribution is 2.48. The van der Waals surface area contributed by atoms with Gasteiger partial charge in [0.15, 0.2) is 6.10 Å². The van der Waals surface area contributed by atoms with Gasteiger partial charge in [0.05, 0.1) is 17.4 Å². The molecule has 2 aliphatic rings. The van der Waals surface area contributed by atoms with Crippen molar-refractivity contribution in [1.82, 2.24) is 4.98 Å². The first-order valence-corrected chi connectivity index (χ1v) is 9.93. The summed E-state index contributed by atoms with van der Waals surface area (Å²) in [7, 11) is 0. The van der Waals surface area contributed by atoms with Crippen molar-refractivity contribution in [1.29, 1.82) is 0 Å². The van der Waals surface area contributed by atoms with Crippen LogP contribution >= 0.6 is 0 Å². The first kappa shape index (κ1) is 18.5. The lowest BCUT2D eigenvalue weighted by molar-refractivity contribution is -0.126. The monoisotopic (exact) mass is 399 g/mol. The lowest BCUT2D eigenvalue weighted by atomic mass is 9.91. The number of benzene rings is 2. The molecule has 0 spiro atoms. The van der Waals surface area contributed by atoms with E-state index in [9.17, 15) is 9.59 Å². The van der Waals surface area contributed by atoms with E-state index >= 15 is 0 Å². The fourth-order valence-electron chi connectivity index (χ4n) is 4.49. The van der Waals surface area contributed by atoms with Crippen LogP contribution in [0.5, 0.6) is 0 Å². The molecule has 0 radical (unpaired) electrons. The van der Waals surface area contributed by atoms with Crippen LogP contribution in [0.1, 0.15) is 22.7 Å². The number of para-hydroxylation sites is 2. The van der Waals surface area contributed by atoms with Gasteiger partial charge in [-0.05, 0) is 54.8 Å². The summed E-state index contributed by atoms with van der Waals surface area (Å²) in [5.41, 5.74) is 4.11. The number of hydrogen-bond acceptors (Lipinski definition) is 5. The van der Waals surface area contributed by atoms with Crippen LogP contribution < -0.4 is 9.96 Å². The van der Waals surface area contributed by atoms with Gasteiger partial charge < -0.3 is 0 Å². The average molecular weight is 399 g/mol. The van der Waals surface area contributed by atoms with Gasteiger partial charge in [-0.1, -0.05) is 36.4 Å². The van der Waals surface area contributed by atoms with Crippen LogP contribution in [0, 0.1) is 19.8 Å². The van der Waals surface area contributed by atoms with Crippen molar-refractivity contribution in [2.24, 2.45) is 5.92 Å². The van der Waals surface area contributed by atoms with Crippen molar-refractivity contribution >= 4 is 23.2 Å². The molecule has 3 atom stereocenters. The Hall–Kier alpha value is -3.51. The van der Waals surface area contributed by atoms with E-state index < -0.39 is 18.1 Å². The molecule has 0 unspecified atom stereocenters. The van der Waals surface area contributed by atoms with E-state index in [0.717, 1.165) is 22.4 Å². The van der Waals surface area contributed by atoms with Gasteiger partial charge in [0.1, 0.15) is 5.92 Å². The fraction of sp³-hybridized carbons (Fsp3) is 0.208. The minimum atomic E-state index is -0.866. The third kappa shape index (κ3) is 2.72. The first-order valence-electron chi connectivity index (χ1n) is 9.93. The van der Waals surface area contributed by atoms with Crippen molar-refractivity contribution in [3.8, 4) is 0 Å². The van der Waals surface area contributed by atoms with E-state index in [0.29, 0.717) is 5.69 Å². The number of rotatable bonds is 3. The molecule has 2 fully saturated rings. The summed E-state index contributed by atoms with van der Waals surface area (Å²) in [4.78, 5) is 38.6. The summed E-state index contributed by atoms with van der Waals surface area (Å²) < 4.78 is 0. The van der Waals surface area contributed by atoms with Crippen LogP contribution in [0.2, 0.25) is 0 Å². The van der Waals surface area contributed by atoms with Gasteiger partial charge in [-0.25, -0.2) is 9.96 Å². The van der Waals surface area contributed by atoms with E-state index in [2.05, 4.69) is 4.98 Å². The minimum absolute atomic E-state index is 0.234. The van der Waals surface area contributed by atoms with Crippen molar-refractivity contribution in [3.63, 3.8) is 0 Å². The Labute approximate surface area is 174 Å². The fourth-order valence-corrected chi connectivity index (χ4v) is 4.49. The van der Waals surface area contributed by atoms with E-state index in [1.807, 2.05) is 74.5 Å². The standard InChI is InChI=1S/C24H21N3O3/c1-15-7-6-8-16(2)20(15)26-23(28)19-21(17-11-13-25-14-12-17)27(30-22(19)24(26)29)18-9-4-3-5-10-18/h3-14,19,21-22H,1-2H3/t19-,21-,22+/m1/s1. The largest absolute Gasteiger partial charge is 0.273 e. The Kier molecular flexibility index (Phi) is 4.37. The number of anilines is 2. The van der Waals surface area contributed by atoms with Crippen molar-refractivity contribution in [3.05, 3.63) is 89.7 Å². The number of nitrogens with zero attached hydrogens (tertiary/aromatic N) is 3.